The fourth-order valence-corrected chi connectivity index (χ4v) is 2.58. The van der Waals surface area contributed by atoms with Crippen molar-refractivity contribution in [2.24, 2.45) is 4.99 Å². The van der Waals surface area contributed by atoms with E-state index in [0.29, 0.717) is 0 Å². The second-order valence-electron chi connectivity index (χ2n) is 4.53. The van der Waals surface area contributed by atoms with E-state index < -0.39 is 0 Å². The van der Waals surface area contributed by atoms with E-state index in [1.165, 1.54) is 28.8 Å². The minimum absolute atomic E-state index is 1.08. The topological polar surface area (TPSA) is 12.4 Å². The standard InChI is InChI=1S/C15H18BrN/c1-3-5-12-7-8-13(16)10-14(12)15-11(2)6-4-9-17-15/h7-10H,3-6H2,1-2H3. The summed E-state index contributed by atoms with van der Waals surface area (Å²) in [6.45, 7) is 4.42. The van der Waals surface area contributed by atoms with Gasteiger partial charge in [-0.15, -0.1) is 0 Å². The Hall–Kier alpha value is -0.890. The summed E-state index contributed by atoms with van der Waals surface area (Å²) in [6, 6.07) is 6.54. The van der Waals surface area contributed by atoms with Gasteiger partial charge in [-0.05, 0) is 49.5 Å². The van der Waals surface area contributed by atoms with Gasteiger partial charge in [0.05, 0.1) is 5.70 Å². The van der Waals surface area contributed by atoms with Gasteiger partial charge < -0.3 is 0 Å². The molecule has 1 heterocycles. The van der Waals surface area contributed by atoms with Crippen molar-refractivity contribution in [1.29, 1.82) is 0 Å². The van der Waals surface area contributed by atoms with E-state index in [1.54, 1.807) is 0 Å². The third kappa shape index (κ3) is 2.86. The monoisotopic (exact) mass is 291 g/mol. The molecule has 0 N–H and O–H groups in total. The Labute approximate surface area is 112 Å². The van der Waals surface area contributed by atoms with Crippen LogP contribution >= 0.6 is 15.9 Å². The smallest absolute Gasteiger partial charge is 0.0690 e. The number of hydrogen-bond acceptors (Lipinski definition) is 1. The molecule has 90 valence electrons. The molecule has 17 heavy (non-hydrogen) atoms. The molecule has 2 rings (SSSR count). The fourth-order valence-electron chi connectivity index (χ4n) is 2.22. The number of aryl methyl sites for hydroxylation is 1. The molecule has 0 bridgehead atoms. The van der Waals surface area contributed by atoms with Crippen molar-refractivity contribution in [3.05, 3.63) is 39.4 Å². The van der Waals surface area contributed by atoms with Crippen molar-refractivity contribution in [2.45, 2.75) is 39.5 Å². The maximum Gasteiger partial charge on any atom is 0.0690 e. The molecule has 0 saturated heterocycles. The van der Waals surface area contributed by atoms with E-state index in [0.717, 1.165) is 23.7 Å². The molecule has 0 fully saturated rings. The van der Waals surface area contributed by atoms with Gasteiger partial charge in [0.2, 0.25) is 0 Å². The number of allylic oxidation sites excluding steroid dienone is 1. The Morgan fingerprint density at radius 2 is 2.18 bits per heavy atom. The van der Waals surface area contributed by atoms with Crippen LogP contribution in [-0.4, -0.2) is 6.21 Å². The van der Waals surface area contributed by atoms with E-state index in [-0.39, 0.29) is 0 Å². The average molecular weight is 292 g/mol. The molecular weight excluding hydrogens is 274 g/mol. The zero-order valence-electron chi connectivity index (χ0n) is 10.5. The second-order valence-corrected chi connectivity index (χ2v) is 5.45. The lowest BCUT2D eigenvalue weighted by Crippen LogP contribution is -1.99. The first-order chi connectivity index (χ1) is 8.22. The van der Waals surface area contributed by atoms with Crippen LogP contribution in [0, 0.1) is 0 Å². The molecule has 0 amide bonds. The van der Waals surface area contributed by atoms with Crippen LogP contribution in [-0.2, 0) is 6.42 Å². The van der Waals surface area contributed by atoms with Crippen LogP contribution < -0.4 is 0 Å². The Balaban J connectivity index is 2.49. The van der Waals surface area contributed by atoms with Crippen LogP contribution in [0.1, 0.15) is 44.2 Å². The lowest BCUT2D eigenvalue weighted by Gasteiger charge is -2.15. The molecule has 1 aliphatic rings. The third-order valence-electron chi connectivity index (χ3n) is 3.12. The summed E-state index contributed by atoms with van der Waals surface area (Å²) in [5, 5.41) is 0. The molecule has 1 aliphatic heterocycles. The van der Waals surface area contributed by atoms with Crippen LogP contribution in [0.15, 0.2) is 33.2 Å². The molecule has 0 aromatic heterocycles. The maximum atomic E-state index is 4.60. The summed E-state index contributed by atoms with van der Waals surface area (Å²) in [7, 11) is 0. The van der Waals surface area contributed by atoms with E-state index in [2.05, 4.69) is 53.0 Å². The van der Waals surface area contributed by atoms with Gasteiger partial charge in [-0.2, -0.15) is 0 Å². The van der Waals surface area contributed by atoms with Crippen LogP contribution in [0.4, 0.5) is 0 Å². The Morgan fingerprint density at radius 1 is 1.35 bits per heavy atom. The second kappa shape index (κ2) is 5.63. The molecule has 1 aromatic rings. The summed E-state index contributed by atoms with van der Waals surface area (Å²) in [6.07, 6.45) is 6.54. The highest BCUT2D eigenvalue weighted by atomic mass is 79.9. The van der Waals surface area contributed by atoms with Gasteiger partial charge in [0, 0.05) is 16.3 Å². The Morgan fingerprint density at radius 3 is 2.88 bits per heavy atom. The molecule has 1 nitrogen and oxygen atoms in total. The number of nitrogens with zero attached hydrogens (tertiary/aromatic N) is 1. The Bertz CT molecular complexity index is 472. The highest BCUT2D eigenvalue weighted by Crippen LogP contribution is 2.30. The van der Waals surface area contributed by atoms with Gasteiger partial charge in [0.25, 0.3) is 0 Å². The predicted octanol–water partition coefficient (Wildman–Crippen LogP) is 5.00. The molecule has 2 heteroatoms. The highest BCUT2D eigenvalue weighted by molar-refractivity contribution is 9.10. The first-order valence-electron chi connectivity index (χ1n) is 6.23. The molecule has 0 unspecified atom stereocenters. The van der Waals surface area contributed by atoms with Gasteiger partial charge in [0.15, 0.2) is 0 Å². The minimum Gasteiger partial charge on any atom is -0.261 e. The minimum atomic E-state index is 1.08. The molecule has 0 spiro atoms. The van der Waals surface area contributed by atoms with Crippen LogP contribution in [0.3, 0.4) is 0 Å². The first-order valence-corrected chi connectivity index (χ1v) is 7.02. The average Bonchev–Trinajstić information content (AvgIpc) is 2.32. The van der Waals surface area contributed by atoms with Gasteiger partial charge in [-0.25, -0.2) is 0 Å². The summed E-state index contributed by atoms with van der Waals surface area (Å²) in [5.74, 6) is 0. The van der Waals surface area contributed by atoms with Crippen molar-refractivity contribution < 1.29 is 0 Å². The highest BCUT2D eigenvalue weighted by Gasteiger charge is 2.12. The van der Waals surface area contributed by atoms with E-state index in [4.69, 9.17) is 0 Å². The van der Waals surface area contributed by atoms with Crippen LogP contribution in [0.25, 0.3) is 5.70 Å². The van der Waals surface area contributed by atoms with Crippen molar-refractivity contribution in [3.8, 4) is 0 Å². The SMILES string of the molecule is CCCc1ccc(Br)cc1C1=C(C)CCC=N1. The lowest BCUT2D eigenvalue weighted by molar-refractivity contribution is 0.914. The number of aliphatic imine (C=N–C) groups is 1. The molecule has 0 atom stereocenters. The number of rotatable bonds is 3. The van der Waals surface area contributed by atoms with Crippen molar-refractivity contribution in [3.63, 3.8) is 0 Å². The van der Waals surface area contributed by atoms with Crippen molar-refractivity contribution in [1.82, 2.24) is 0 Å². The van der Waals surface area contributed by atoms with Crippen molar-refractivity contribution in [2.75, 3.05) is 0 Å². The summed E-state index contributed by atoms with van der Waals surface area (Å²) in [5.41, 5.74) is 5.29. The third-order valence-corrected chi connectivity index (χ3v) is 3.61. The first kappa shape index (κ1) is 12.6. The van der Waals surface area contributed by atoms with E-state index in [1.807, 2.05) is 6.21 Å². The largest absolute Gasteiger partial charge is 0.261 e. The molecule has 1 aromatic carbocycles. The number of hydrogen-bond donors (Lipinski definition) is 0. The molecule has 0 aliphatic carbocycles. The zero-order valence-corrected chi connectivity index (χ0v) is 12.0. The number of benzene rings is 1. The summed E-state index contributed by atoms with van der Waals surface area (Å²) < 4.78 is 1.13. The Kier molecular flexibility index (Phi) is 4.16. The molecule has 0 radical (unpaired) electrons. The summed E-state index contributed by atoms with van der Waals surface area (Å²) >= 11 is 3.56. The lowest BCUT2D eigenvalue weighted by atomic mass is 9.96. The van der Waals surface area contributed by atoms with E-state index >= 15 is 0 Å². The molecule has 0 saturated carbocycles. The predicted molar refractivity (Wildman–Crippen MR) is 78.5 cm³/mol. The van der Waals surface area contributed by atoms with Crippen LogP contribution in [0.5, 0.6) is 0 Å². The van der Waals surface area contributed by atoms with Crippen molar-refractivity contribution >= 4 is 27.8 Å². The fraction of sp³-hybridized carbons (Fsp3) is 0.400. The van der Waals surface area contributed by atoms with Gasteiger partial charge in [-0.3, -0.25) is 4.99 Å². The number of halogens is 1. The normalized spacial score (nSPS) is 15.5. The zero-order chi connectivity index (χ0) is 12.3. The maximum absolute atomic E-state index is 4.60. The van der Waals surface area contributed by atoms with Gasteiger partial charge in [-0.1, -0.05) is 35.3 Å². The van der Waals surface area contributed by atoms with E-state index in [9.17, 15) is 0 Å². The summed E-state index contributed by atoms with van der Waals surface area (Å²) in [4.78, 5) is 4.60. The van der Waals surface area contributed by atoms with Gasteiger partial charge in [0.1, 0.15) is 0 Å². The van der Waals surface area contributed by atoms with Gasteiger partial charge >= 0.3 is 0 Å². The quantitative estimate of drug-likeness (QED) is 0.743. The molecular formula is C15H18BrN. The van der Waals surface area contributed by atoms with Crippen LogP contribution in [0.2, 0.25) is 0 Å².